The fourth-order valence-electron chi connectivity index (χ4n) is 4.50. The van der Waals surface area contributed by atoms with Crippen molar-refractivity contribution < 1.29 is 14.5 Å². The molecule has 31 heavy (non-hydrogen) atoms. The maximum Gasteiger partial charge on any atom is 0.279 e. The smallest absolute Gasteiger partial charge is 0.279 e. The Morgan fingerprint density at radius 3 is 1.94 bits per heavy atom. The molecule has 4 rings (SSSR count). The summed E-state index contributed by atoms with van der Waals surface area (Å²) in [6, 6.07) is 16.1. The highest BCUT2D eigenvalue weighted by Crippen LogP contribution is 2.21. The Labute approximate surface area is 184 Å². The molecule has 2 heterocycles. The number of quaternary nitrogens is 1. The lowest BCUT2D eigenvalue weighted by Crippen LogP contribution is -3.15. The molecule has 2 aromatic rings. The van der Waals surface area contributed by atoms with Gasteiger partial charge in [0.15, 0.2) is 12.3 Å². The van der Waals surface area contributed by atoms with Crippen molar-refractivity contribution in [3.63, 3.8) is 0 Å². The van der Waals surface area contributed by atoms with Gasteiger partial charge in [-0.25, -0.2) is 0 Å². The second kappa shape index (κ2) is 9.96. The van der Waals surface area contributed by atoms with Gasteiger partial charge in [-0.05, 0) is 74.7 Å². The molecule has 0 aromatic heterocycles. The average molecular weight is 422 g/mol. The fourth-order valence-corrected chi connectivity index (χ4v) is 4.50. The number of amides is 1. The summed E-state index contributed by atoms with van der Waals surface area (Å²) >= 11 is 0. The van der Waals surface area contributed by atoms with E-state index in [4.69, 9.17) is 0 Å². The van der Waals surface area contributed by atoms with Gasteiger partial charge in [-0.3, -0.25) is 9.59 Å². The number of piperidine rings is 1. The summed E-state index contributed by atoms with van der Waals surface area (Å²) in [4.78, 5) is 30.0. The molecule has 6 nitrogen and oxygen atoms in total. The summed E-state index contributed by atoms with van der Waals surface area (Å²) in [5.41, 5.74) is 4.00. The molecule has 1 amide bonds. The molecule has 0 aliphatic carbocycles. The van der Waals surface area contributed by atoms with E-state index in [9.17, 15) is 9.59 Å². The molecule has 2 aliphatic heterocycles. The number of anilines is 3. The molecule has 0 atom stereocenters. The molecule has 0 radical (unpaired) electrons. The third-order valence-corrected chi connectivity index (χ3v) is 6.39. The quantitative estimate of drug-likeness (QED) is 0.703. The van der Waals surface area contributed by atoms with Crippen LogP contribution in [0.4, 0.5) is 17.1 Å². The van der Waals surface area contributed by atoms with Gasteiger partial charge >= 0.3 is 0 Å². The van der Waals surface area contributed by atoms with Crippen molar-refractivity contribution in [3.05, 3.63) is 54.1 Å². The number of benzene rings is 2. The Morgan fingerprint density at radius 1 is 0.806 bits per heavy atom. The number of Topliss-reactive ketones (excluding diaryl/α,β-unsaturated/α-hetero) is 1. The third kappa shape index (κ3) is 5.64. The number of hydrogen-bond acceptors (Lipinski definition) is 4. The Balaban J connectivity index is 1.23. The minimum atomic E-state index is 0.0694. The SMILES string of the molecule is CC(=O)c1ccc(N2CC[NH+](CC(=O)Nc3ccc(N4CCCCC4)cc3)CC2)cc1. The van der Waals surface area contributed by atoms with Crippen molar-refractivity contribution in [1.82, 2.24) is 0 Å². The molecule has 164 valence electrons. The second-order valence-corrected chi connectivity index (χ2v) is 8.66. The Kier molecular flexibility index (Phi) is 6.87. The van der Waals surface area contributed by atoms with Crippen LogP contribution in [0.2, 0.25) is 0 Å². The summed E-state index contributed by atoms with van der Waals surface area (Å²) < 4.78 is 0. The predicted octanol–water partition coefficient (Wildman–Crippen LogP) is 2.22. The topological polar surface area (TPSA) is 57.1 Å². The lowest BCUT2D eigenvalue weighted by molar-refractivity contribution is -0.892. The minimum absolute atomic E-state index is 0.0694. The number of hydrogen-bond donors (Lipinski definition) is 2. The number of rotatable bonds is 6. The van der Waals surface area contributed by atoms with Gasteiger partial charge in [-0.15, -0.1) is 0 Å². The molecular weight excluding hydrogens is 388 g/mol. The van der Waals surface area contributed by atoms with E-state index >= 15 is 0 Å². The number of carbonyl (C=O) groups excluding carboxylic acids is 2. The number of nitrogens with one attached hydrogen (secondary N) is 2. The zero-order valence-electron chi connectivity index (χ0n) is 18.4. The van der Waals surface area contributed by atoms with Crippen LogP contribution in [0.1, 0.15) is 36.5 Å². The largest absolute Gasteiger partial charge is 0.372 e. The van der Waals surface area contributed by atoms with Crippen LogP contribution in [0.25, 0.3) is 0 Å². The second-order valence-electron chi connectivity index (χ2n) is 8.66. The molecule has 0 saturated carbocycles. The maximum atomic E-state index is 12.5. The molecule has 6 heteroatoms. The van der Waals surface area contributed by atoms with Crippen molar-refractivity contribution in [2.24, 2.45) is 0 Å². The summed E-state index contributed by atoms with van der Waals surface area (Å²) in [5, 5.41) is 3.06. The molecule has 2 saturated heterocycles. The molecule has 2 aromatic carbocycles. The summed E-state index contributed by atoms with van der Waals surface area (Å²) in [6.07, 6.45) is 3.85. The highest BCUT2D eigenvalue weighted by molar-refractivity contribution is 5.94. The molecule has 2 aliphatic rings. The van der Waals surface area contributed by atoms with E-state index in [-0.39, 0.29) is 11.7 Å². The zero-order valence-corrected chi connectivity index (χ0v) is 18.4. The first-order valence-corrected chi connectivity index (χ1v) is 11.4. The van der Waals surface area contributed by atoms with E-state index in [1.807, 2.05) is 36.4 Å². The van der Waals surface area contributed by atoms with Crippen LogP contribution in [0.15, 0.2) is 48.5 Å². The van der Waals surface area contributed by atoms with Crippen molar-refractivity contribution in [1.29, 1.82) is 0 Å². The normalized spacial score (nSPS) is 17.5. The average Bonchev–Trinajstić information content (AvgIpc) is 2.81. The van der Waals surface area contributed by atoms with Gasteiger partial charge in [0, 0.05) is 35.7 Å². The standard InChI is InChI=1S/C25H32N4O2/c1-20(30)21-5-9-23(10-6-21)29-17-15-27(16-18-29)19-25(31)26-22-7-11-24(12-8-22)28-13-3-2-4-14-28/h5-12H,2-4,13-19H2,1H3,(H,26,31)/p+1. The number of ketones is 1. The van der Waals surface area contributed by atoms with Crippen molar-refractivity contribution >= 4 is 28.8 Å². The zero-order chi connectivity index (χ0) is 21.6. The molecule has 0 spiro atoms. The molecule has 2 fully saturated rings. The third-order valence-electron chi connectivity index (χ3n) is 6.39. The van der Waals surface area contributed by atoms with Crippen LogP contribution in [-0.4, -0.2) is 57.5 Å². The van der Waals surface area contributed by atoms with Gasteiger partial charge in [0.25, 0.3) is 5.91 Å². The molecule has 0 bridgehead atoms. The predicted molar refractivity (Wildman–Crippen MR) is 125 cm³/mol. The highest BCUT2D eigenvalue weighted by atomic mass is 16.2. The van der Waals surface area contributed by atoms with E-state index in [0.29, 0.717) is 6.54 Å². The van der Waals surface area contributed by atoms with Crippen LogP contribution in [0, 0.1) is 0 Å². The van der Waals surface area contributed by atoms with Gasteiger partial charge in [-0.1, -0.05) is 0 Å². The molecular formula is C25H33N4O2+. The van der Waals surface area contributed by atoms with Crippen molar-refractivity contribution in [2.75, 3.05) is 60.9 Å². The first-order chi connectivity index (χ1) is 15.1. The Bertz CT molecular complexity index is 881. The maximum absolute atomic E-state index is 12.5. The first-order valence-electron chi connectivity index (χ1n) is 11.4. The van der Waals surface area contributed by atoms with E-state index < -0.39 is 0 Å². The van der Waals surface area contributed by atoms with E-state index in [1.54, 1.807) is 6.92 Å². The van der Waals surface area contributed by atoms with E-state index in [1.165, 1.54) is 29.8 Å². The summed E-state index contributed by atoms with van der Waals surface area (Å²) in [5.74, 6) is 0.160. The fraction of sp³-hybridized carbons (Fsp3) is 0.440. The molecule has 2 N–H and O–H groups in total. The number of nitrogens with zero attached hydrogens (tertiary/aromatic N) is 2. The van der Waals surface area contributed by atoms with Crippen molar-refractivity contribution in [3.8, 4) is 0 Å². The minimum Gasteiger partial charge on any atom is -0.372 e. The Hall–Kier alpha value is -2.86. The van der Waals surface area contributed by atoms with Gasteiger partial charge in [0.1, 0.15) is 0 Å². The van der Waals surface area contributed by atoms with Crippen LogP contribution < -0.4 is 20.0 Å². The van der Waals surface area contributed by atoms with Crippen molar-refractivity contribution in [2.45, 2.75) is 26.2 Å². The number of piperazine rings is 1. The molecule has 0 unspecified atom stereocenters. The van der Waals surface area contributed by atoms with Gasteiger partial charge in [0.05, 0.1) is 26.2 Å². The van der Waals surface area contributed by atoms with Gasteiger partial charge in [-0.2, -0.15) is 0 Å². The highest BCUT2D eigenvalue weighted by Gasteiger charge is 2.22. The lowest BCUT2D eigenvalue weighted by atomic mass is 10.1. The summed E-state index contributed by atoms with van der Waals surface area (Å²) in [7, 11) is 0. The van der Waals surface area contributed by atoms with Crippen LogP contribution in [-0.2, 0) is 4.79 Å². The van der Waals surface area contributed by atoms with Crippen LogP contribution in [0.5, 0.6) is 0 Å². The van der Waals surface area contributed by atoms with E-state index in [2.05, 4.69) is 27.2 Å². The van der Waals surface area contributed by atoms with Crippen LogP contribution >= 0.6 is 0 Å². The first kappa shape index (κ1) is 21.4. The van der Waals surface area contributed by atoms with Crippen LogP contribution in [0.3, 0.4) is 0 Å². The van der Waals surface area contributed by atoms with E-state index in [0.717, 1.165) is 56.2 Å². The van der Waals surface area contributed by atoms with Gasteiger partial charge in [0.2, 0.25) is 0 Å². The number of carbonyl (C=O) groups is 2. The lowest BCUT2D eigenvalue weighted by Gasteiger charge is -2.33. The Morgan fingerprint density at radius 2 is 1.35 bits per heavy atom. The monoisotopic (exact) mass is 421 g/mol. The summed E-state index contributed by atoms with van der Waals surface area (Å²) in [6.45, 7) is 8.00. The van der Waals surface area contributed by atoms with Gasteiger partial charge < -0.3 is 20.0 Å².